The molecule has 1 saturated heterocycles. The maximum atomic E-state index is 12.9. The summed E-state index contributed by atoms with van der Waals surface area (Å²) in [7, 11) is 3.99. The molecule has 4 rings (SSSR count). The highest BCUT2D eigenvalue weighted by Crippen LogP contribution is 2.45. The molecule has 0 bridgehead atoms. The summed E-state index contributed by atoms with van der Waals surface area (Å²) in [5, 5.41) is 24.6. The number of benzene rings is 2. The van der Waals surface area contributed by atoms with Crippen molar-refractivity contribution in [1.82, 2.24) is 10.2 Å². The average molecular weight is 611 g/mol. The van der Waals surface area contributed by atoms with Crippen LogP contribution in [0.5, 0.6) is 11.5 Å². The van der Waals surface area contributed by atoms with Crippen LogP contribution in [0, 0.1) is 23.2 Å². The minimum atomic E-state index is -0.359. The van der Waals surface area contributed by atoms with Crippen molar-refractivity contribution in [3.8, 4) is 17.6 Å². The van der Waals surface area contributed by atoms with Crippen LogP contribution in [0.15, 0.2) is 30.3 Å². The van der Waals surface area contributed by atoms with Gasteiger partial charge in [0.05, 0.1) is 42.0 Å². The number of hydrogen-bond donors (Lipinski definition) is 4. The molecule has 4 unspecified atom stereocenters. The molecule has 1 fully saturated rings. The number of carbonyl (C=O) groups is 1. The summed E-state index contributed by atoms with van der Waals surface area (Å²) in [5.41, 5.74) is 3.19. The summed E-state index contributed by atoms with van der Waals surface area (Å²) in [5.74, 6) is 1.32. The van der Waals surface area contributed by atoms with Crippen LogP contribution in [0.1, 0.15) is 64.0 Å². The van der Waals surface area contributed by atoms with Crippen molar-refractivity contribution in [2.45, 2.75) is 64.5 Å². The predicted octanol–water partition coefficient (Wildman–Crippen LogP) is 6.28. The molecule has 4 atom stereocenters. The summed E-state index contributed by atoms with van der Waals surface area (Å²) in [6.45, 7) is 8.00. The largest absolute Gasteiger partial charge is 0.492 e. The Morgan fingerprint density at radius 3 is 2.70 bits per heavy atom. The first-order valence-corrected chi connectivity index (χ1v) is 16.0. The number of amides is 1. The third kappa shape index (κ3) is 8.91. The number of halogens is 1. The van der Waals surface area contributed by atoms with Gasteiger partial charge in [-0.15, -0.1) is 0 Å². The van der Waals surface area contributed by atoms with Gasteiger partial charge in [0.25, 0.3) is 0 Å². The lowest BCUT2D eigenvalue weighted by atomic mass is 9.81. The highest BCUT2D eigenvalue weighted by Gasteiger charge is 2.37. The molecule has 1 amide bonds. The third-order valence-corrected chi connectivity index (χ3v) is 8.38. The van der Waals surface area contributed by atoms with Crippen molar-refractivity contribution < 1.29 is 14.3 Å². The zero-order valence-corrected chi connectivity index (χ0v) is 26.7. The summed E-state index contributed by atoms with van der Waals surface area (Å²) in [6, 6.07) is 11.8. The Labute approximate surface area is 261 Å². The van der Waals surface area contributed by atoms with E-state index in [-0.39, 0.29) is 23.9 Å². The van der Waals surface area contributed by atoms with Gasteiger partial charge >= 0.3 is 0 Å². The smallest absolute Gasteiger partial charge is 0.224 e. The van der Waals surface area contributed by atoms with Crippen LogP contribution < -0.4 is 30.7 Å². The Morgan fingerprint density at radius 1 is 1.19 bits per heavy atom. The Hall–Kier alpha value is -3.19. The van der Waals surface area contributed by atoms with Crippen molar-refractivity contribution in [2.24, 2.45) is 11.8 Å². The molecule has 234 valence electrons. The molecule has 9 nitrogen and oxygen atoms in total. The highest BCUT2D eigenvalue weighted by atomic mass is 35.5. The minimum absolute atomic E-state index is 0.0527. The molecule has 0 saturated carbocycles. The molecular formula is C33H47ClN6O3. The van der Waals surface area contributed by atoms with E-state index in [9.17, 15) is 10.1 Å². The molecule has 2 heterocycles. The number of hydrogen-bond acceptors (Lipinski definition) is 8. The summed E-state index contributed by atoms with van der Waals surface area (Å²) in [6.07, 6.45) is 5.25. The molecule has 0 radical (unpaired) electrons. The topological polar surface area (TPSA) is 111 Å². The second kappa shape index (κ2) is 16.0. The number of piperidine rings is 1. The zero-order chi connectivity index (χ0) is 30.8. The van der Waals surface area contributed by atoms with E-state index < -0.39 is 0 Å². The van der Waals surface area contributed by atoms with Crippen molar-refractivity contribution in [2.75, 3.05) is 62.9 Å². The number of carbonyl (C=O) groups excluding carboxylic acids is 1. The number of nitrogens with one attached hydrogen (secondary N) is 4. The second-order valence-electron chi connectivity index (χ2n) is 11.8. The quantitative estimate of drug-likeness (QED) is 0.198. The minimum Gasteiger partial charge on any atom is -0.492 e. The number of anilines is 3. The van der Waals surface area contributed by atoms with E-state index in [2.05, 4.69) is 39.2 Å². The molecule has 0 aliphatic carbocycles. The summed E-state index contributed by atoms with van der Waals surface area (Å²) in [4.78, 5) is 14.9. The van der Waals surface area contributed by atoms with Gasteiger partial charge in [-0.1, -0.05) is 24.9 Å². The van der Waals surface area contributed by atoms with E-state index in [1.165, 1.54) is 0 Å². The van der Waals surface area contributed by atoms with E-state index >= 15 is 0 Å². The fraction of sp³-hybridized carbons (Fsp3) is 0.576. The van der Waals surface area contributed by atoms with E-state index in [1.54, 1.807) is 0 Å². The van der Waals surface area contributed by atoms with Crippen molar-refractivity contribution in [3.05, 3.63) is 40.9 Å². The van der Waals surface area contributed by atoms with Gasteiger partial charge in [0.2, 0.25) is 5.91 Å². The molecule has 2 aromatic rings. The standard InChI is InChI=1S/C33H47ClN6O3/c1-5-9-27-25(19-35)33(37-23-12-13-30(26(34)16-23)43-21-22-10-7-14-36-20-22)24-17-29(31(42-6-2)18-28(24)38-27)39-32(41)11-8-15-40(3)4/h12-13,16-18,22,25,27,33,36-38H,5-11,14-15,20-21H2,1-4H3,(H,39,41). The predicted molar refractivity (Wildman–Crippen MR) is 174 cm³/mol. The van der Waals surface area contributed by atoms with Crippen LogP contribution >= 0.6 is 11.6 Å². The van der Waals surface area contributed by atoms with Gasteiger partial charge in [-0.05, 0) is 84.1 Å². The Morgan fingerprint density at radius 2 is 2.02 bits per heavy atom. The number of rotatable bonds is 14. The molecular weight excluding hydrogens is 564 g/mol. The monoisotopic (exact) mass is 610 g/mol. The van der Waals surface area contributed by atoms with Gasteiger partial charge < -0.3 is 35.6 Å². The summed E-state index contributed by atoms with van der Waals surface area (Å²) >= 11 is 6.69. The fourth-order valence-electron chi connectivity index (χ4n) is 5.89. The number of fused-ring (bicyclic) bond motifs is 1. The Balaban J connectivity index is 1.60. The second-order valence-corrected chi connectivity index (χ2v) is 12.2. The van der Waals surface area contributed by atoms with Crippen LogP contribution in [0.2, 0.25) is 5.02 Å². The van der Waals surface area contributed by atoms with Crippen LogP contribution in [-0.4, -0.2) is 63.8 Å². The molecule has 10 heteroatoms. The normalized spacial score (nSPS) is 21.3. The number of nitriles is 1. The molecule has 4 N–H and O–H groups in total. The van der Waals surface area contributed by atoms with Gasteiger partial charge in [-0.3, -0.25) is 4.79 Å². The zero-order valence-electron chi connectivity index (χ0n) is 26.0. The average Bonchev–Trinajstić information content (AvgIpc) is 2.98. The third-order valence-electron chi connectivity index (χ3n) is 8.08. The summed E-state index contributed by atoms with van der Waals surface area (Å²) < 4.78 is 12.0. The van der Waals surface area contributed by atoms with Crippen LogP contribution in [0.3, 0.4) is 0 Å². The van der Waals surface area contributed by atoms with Crippen LogP contribution in [0.4, 0.5) is 17.1 Å². The molecule has 2 aromatic carbocycles. The Bertz CT molecular complexity index is 1260. The van der Waals surface area contributed by atoms with Crippen molar-refractivity contribution in [3.63, 3.8) is 0 Å². The van der Waals surface area contributed by atoms with E-state index in [0.29, 0.717) is 47.8 Å². The molecule has 43 heavy (non-hydrogen) atoms. The molecule has 2 aliphatic heterocycles. The van der Waals surface area contributed by atoms with Crippen LogP contribution in [0.25, 0.3) is 0 Å². The lowest BCUT2D eigenvalue weighted by Crippen LogP contribution is -2.40. The fourth-order valence-corrected chi connectivity index (χ4v) is 6.13. The highest BCUT2D eigenvalue weighted by molar-refractivity contribution is 6.32. The molecule has 0 aromatic heterocycles. The van der Waals surface area contributed by atoms with Crippen LogP contribution in [-0.2, 0) is 4.79 Å². The SMILES string of the molecule is CCCC1Nc2cc(OCC)c(NC(=O)CCCN(C)C)cc2C(Nc2ccc(OCC3CCCNC3)c(Cl)c2)C1C#N. The van der Waals surface area contributed by atoms with Gasteiger partial charge in [0, 0.05) is 47.9 Å². The lowest BCUT2D eigenvalue weighted by Gasteiger charge is -2.38. The maximum absolute atomic E-state index is 12.9. The van der Waals surface area contributed by atoms with Crippen molar-refractivity contribution in [1.29, 1.82) is 5.26 Å². The number of ether oxygens (including phenoxy) is 2. The lowest BCUT2D eigenvalue weighted by molar-refractivity contribution is -0.116. The van der Waals surface area contributed by atoms with Crippen molar-refractivity contribution >= 4 is 34.6 Å². The molecule has 0 spiro atoms. The van der Waals surface area contributed by atoms with E-state index in [1.807, 2.05) is 51.4 Å². The Kier molecular flexibility index (Phi) is 12.2. The molecule has 2 aliphatic rings. The first-order chi connectivity index (χ1) is 20.8. The van der Waals surface area contributed by atoms with Gasteiger partial charge in [-0.2, -0.15) is 5.26 Å². The number of nitrogens with zero attached hydrogens (tertiary/aromatic N) is 2. The van der Waals surface area contributed by atoms with E-state index in [0.717, 1.165) is 68.7 Å². The maximum Gasteiger partial charge on any atom is 0.224 e. The van der Waals surface area contributed by atoms with E-state index in [4.69, 9.17) is 21.1 Å². The first kappa shape index (κ1) is 32.7. The van der Waals surface area contributed by atoms with Gasteiger partial charge in [0.15, 0.2) is 0 Å². The first-order valence-electron chi connectivity index (χ1n) is 15.6. The van der Waals surface area contributed by atoms with Gasteiger partial charge in [0.1, 0.15) is 11.5 Å². The van der Waals surface area contributed by atoms with Gasteiger partial charge in [-0.25, -0.2) is 0 Å².